The first-order chi connectivity index (χ1) is 13.1. The van der Waals surface area contributed by atoms with E-state index in [2.05, 4.69) is 9.98 Å². The molecule has 1 aliphatic carbocycles. The smallest absolute Gasteiger partial charge is 0.422 e. The Morgan fingerprint density at radius 1 is 1.21 bits per heavy atom. The normalized spacial score (nSPS) is 19.2. The lowest BCUT2D eigenvalue weighted by Gasteiger charge is -2.45. The van der Waals surface area contributed by atoms with Crippen molar-refractivity contribution in [3.8, 4) is 5.75 Å². The Kier molecular flexibility index (Phi) is 5.04. The zero-order valence-electron chi connectivity index (χ0n) is 14.8. The van der Waals surface area contributed by atoms with E-state index in [0.29, 0.717) is 12.8 Å². The molecule has 1 aromatic rings. The number of hydrogen-bond acceptors (Lipinski definition) is 8. The van der Waals surface area contributed by atoms with Crippen LogP contribution in [0.3, 0.4) is 0 Å². The van der Waals surface area contributed by atoms with Gasteiger partial charge >= 0.3 is 6.18 Å². The molecule has 28 heavy (non-hydrogen) atoms. The minimum absolute atomic E-state index is 0.00498. The summed E-state index contributed by atoms with van der Waals surface area (Å²) in [5, 5.41) is 11.3. The van der Waals surface area contributed by atoms with Gasteiger partial charge < -0.3 is 16.2 Å². The molecule has 3 rings (SSSR count). The van der Waals surface area contributed by atoms with Crippen LogP contribution in [0, 0.1) is 10.1 Å². The van der Waals surface area contributed by atoms with Crippen molar-refractivity contribution >= 4 is 23.3 Å². The van der Waals surface area contributed by atoms with Crippen LogP contribution < -0.4 is 21.1 Å². The minimum Gasteiger partial charge on any atom is -0.484 e. The third-order valence-electron chi connectivity index (χ3n) is 4.60. The van der Waals surface area contributed by atoms with E-state index >= 15 is 0 Å². The average molecular weight is 400 g/mol. The minimum atomic E-state index is -4.58. The molecule has 1 saturated carbocycles. The van der Waals surface area contributed by atoms with Crippen LogP contribution >= 0.6 is 0 Å². The van der Waals surface area contributed by atoms with Crippen LogP contribution in [0.1, 0.15) is 32.1 Å². The second-order valence-electron chi connectivity index (χ2n) is 6.66. The fourth-order valence-electron chi connectivity index (χ4n) is 3.55. The molecule has 0 atom stereocenters. The highest BCUT2D eigenvalue weighted by molar-refractivity contribution is 6.05. The predicted octanol–water partition coefficient (Wildman–Crippen LogP) is 2.65. The molecule has 1 fully saturated rings. The number of benzene rings is 1. The van der Waals surface area contributed by atoms with E-state index in [0.717, 1.165) is 25.3 Å². The number of alkyl halides is 3. The molecule has 0 unspecified atom stereocenters. The number of aliphatic imine (C=N–C) groups is 2. The molecule has 0 amide bonds. The Bertz CT molecular complexity index is 833. The van der Waals surface area contributed by atoms with Gasteiger partial charge in [0.05, 0.1) is 16.7 Å². The van der Waals surface area contributed by atoms with E-state index < -0.39 is 29.1 Å². The lowest BCUT2D eigenvalue weighted by Crippen LogP contribution is -2.58. The monoisotopic (exact) mass is 400 g/mol. The summed E-state index contributed by atoms with van der Waals surface area (Å²) in [6, 6.07) is 3.39. The maximum absolute atomic E-state index is 12.5. The summed E-state index contributed by atoms with van der Waals surface area (Å²) in [6.07, 6.45) is -0.798. The first kappa shape index (κ1) is 19.7. The fourth-order valence-corrected chi connectivity index (χ4v) is 3.55. The maximum Gasteiger partial charge on any atom is 0.422 e. The number of ether oxygens (including phenoxy) is 1. The Morgan fingerprint density at radius 3 is 2.50 bits per heavy atom. The zero-order valence-corrected chi connectivity index (χ0v) is 14.8. The van der Waals surface area contributed by atoms with Crippen molar-refractivity contribution in [2.75, 3.05) is 11.5 Å². The number of rotatable bonds is 4. The van der Waals surface area contributed by atoms with Crippen molar-refractivity contribution < 1.29 is 22.8 Å². The van der Waals surface area contributed by atoms with Crippen LogP contribution in [0.25, 0.3) is 0 Å². The first-order valence-electron chi connectivity index (χ1n) is 8.58. The van der Waals surface area contributed by atoms with Crippen molar-refractivity contribution in [1.82, 2.24) is 0 Å². The fraction of sp³-hybridized carbons (Fsp3) is 0.500. The molecule has 9 nitrogen and oxygen atoms in total. The molecule has 1 aliphatic heterocycles. The van der Waals surface area contributed by atoms with Gasteiger partial charge in [-0.1, -0.05) is 6.42 Å². The third-order valence-corrected chi connectivity index (χ3v) is 4.60. The molecule has 4 N–H and O–H groups in total. The van der Waals surface area contributed by atoms with E-state index in [1.165, 1.54) is 17.0 Å². The van der Waals surface area contributed by atoms with E-state index in [1.54, 1.807) is 0 Å². The van der Waals surface area contributed by atoms with Gasteiger partial charge in [-0.25, -0.2) is 4.99 Å². The largest absolute Gasteiger partial charge is 0.484 e. The zero-order chi connectivity index (χ0) is 20.5. The maximum atomic E-state index is 12.5. The summed E-state index contributed by atoms with van der Waals surface area (Å²) in [6.45, 7) is -1.58. The Balaban J connectivity index is 2.05. The van der Waals surface area contributed by atoms with E-state index in [-0.39, 0.29) is 23.4 Å². The standard InChI is InChI=1S/C16H19F3N6O3/c17-16(18,19)9-28-12-7-10(6-11(8-12)25(26)27)24-14(21)22-13(20)23-15(24)4-2-1-3-5-15/h6-8H,1-5,9H2,(H4,20,21,22,23). The van der Waals surface area contributed by atoms with Crippen LogP contribution in [0.5, 0.6) is 5.75 Å². The number of nitro benzene ring substituents is 1. The number of halogens is 3. The topological polar surface area (TPSA) is 132 Å². The number of hydrogen-bond donors (Lipinski definition) is 2. The van der Waals surface area contributed by atoms with Gasteiger partial charge in [-0.05, 0) is 25.7 Å². The molecule has 0 bridgehead atoms. The molecule has 1 aromatic carbocycles. The van der Waals surface area contributed by atoms with Gasteiger partial charge in [0.1, 0.15) is 11.4 Å². The Hall–Kier alpha value is -3.05. The molecule has 0 aromatic heterocycles. The van der Waals surface area contributed by atoms with Gasteiger partial charge in [0.2, 0.25) is 11.9 Å². The molecule has 1 heterocycles. The molecular weight excluding hydrogens is 381 g/mol. The molecule has 0 radical (unpaired) electrons. The van der Waals surface area contributed by atoms with Crippen LogP contribution in [0.2, 0.25) is 0 Å². The van der Waals surface area contributed by atoms with Crippen LogP contribution in [0.15, 0.2) is 28.2 Å². The molecule has 12 heteroatoms. The molecule has 0 saturated heterocycles. The number of nitrogens with two attached hydrogens (primary N) is 2. The number of nitro groups is 1. The average Bonchev–Trinajstić information content (AvgIpc) is 2.59. The van der Waals surface area contributed by atoms with Gasteiger partial charge in [0.25, 0.3) is 5.69 Å². The summed E-state index contributed by atoms with van der Waals surface area (Å²) in [7, 11) is 0. The van der Waals surface area contributed by atoms with Crippen LogP contribution in [-0.4, -0.2) is 35.3 Å². The van der Waals surface area contributed by atoms with Crippen molar-refractivity contribution in [3.05, 3.63) is 28.3 Å². The third kappa shape index (κ3) is 4.10. The second kappa shape index (κ2) is 7.17. The highest BCUT2D eigenvalue weighted by atomic mass is 19.4. The lowest BCUT2D eigenvalue weighted by molar-refractivity contribution is -0.384. The molecule has 1 spiro atoms. The van der Waals surface area contributed by atoms with Crippen LogP contribution in [-0.2, 0) is 0 Å². The highest BCUT2D eigenvalue weighted by Crippen LogP contribution is 2.41. The number of guanidine groups is 2. The molecule has 2 aliphatic rings. The second-order valence-corrected chi connectivity index (χ2v) is 6.66. The van der Waals surface area contributed by atoms with Crippen LogP contribution in [0.4, 0.5) is 24.5 Å². The van der Waals surface area contributed by atoms with Crippen molar-refractivity contribution in [3.63, 3.8) is 0 Å². The van der Waals surface area contributed by atoms with Gasteiger partial charge in [-0.2, -0.15) is 18.2 Å². The summed E-state index contributed by atoms with van der Waals surface area (Å²) < 4.78 is 42.2. The van der Waals surface area contributed by atoms with Gasteiger partial charge in [-0.3, -0.25) is 15.0 Å². The SMILES string of the molecule is NC1=NC2(CCCCC2)N(c2cc(OCC(F)(F)F)cc([N+](=O)[O-])c2)C(N)=N1. The highest BCUT2D eigenvalue weighted by Gasteiger charge is 2.43. The van der Waals surface area contributed by atoms with Crippen molar-refractivity contribution in [1.29, 1.82) is 0 Å². The van der Waals surface area contributed by atoms with Crippen molar-refractivity contribution in [2.45, 2.75) is 43.9 Å². The Morgan fingerprint density at radius 2 is 1.89 bits per heavy atom. The van der Waals surface area contributed by atoms with E-state index in [1.807, 2.05) is 0 Å². The number of anilines is 1. The molecule has 152 valence electrons. The summed E-state index contributed by atoms with van der Waals surface area (Å²) >= 11 is 0. The summed E-state index contributed by atoms with van der Waals surface area (Å²) in [5.41, 5.74) is 10.7. The number of non-ortho nitro benzene ring substituents is 1. The first-order valence-corrected chi connectivity index (χ1v) is 8.58. The number of nitrogens with zero attached hydrogens (tertiary/aromatic N) is 4. The predicted molar refractivity (Wildman–Crippen MR) is 96.2 cm³/mol. The van der Waals surface area contributed by atoms with E-state index in [9.17, 15) is 23.3 Å². The van der Waals surface area contributed by atoms with Gasteiger partial charge in [0.15, 0.2) is 6.61 Å². The van der Waals surface area contributed by atoms with E-state index in [4.69, 9.17) is 16.2 Å². The summed E-state index contributed by atoms with van der Waals surface area (Å²) in [4.78, 5) is 20.4. The van der Waals surface area contributed by atoms with Crippen molar-refractivity contribution in [2.24, 2.45) is 21.5 Å². The Labute approximate surface area is 158 Å². The lowest BCUT2D eigenvalue weighted by atomic mass is 9.87. The summed E-state index contributed by atoms with van der Waals surface area (Å²) in [5.74, 6) is -0.339. The quantitative estimate of drug-likeness (QED) is 0.590. The van der Waals surface area contributed by atoms with Gasteiger partial charge in [-0.15, -0.1) is 0 Å². The molecular formula is C16H19F3N6O3. The van der Waals surface area contributed by atoms with Gasteiger partial charge in [0, 0.05) is 12.1 Å².